The number of nitrogens with one attached hydrogen (secondary N) is 1. The molecule has 0 radical (unpaired) electrons. The monoisotopic (exact) mass is 259 g/mol. The van der Waals surface area contributed by atoms with Crippen molar-refractivity contribution in [1.29, 1.82) is 0 Å². The van der Waals surface area contributed by atoms with Gasteiger partial charge in [0.2, 0.25) is 0 Å². The third kappa shape index (κ3) is 3.16. The first kappa shape index (κ1) is 13.6. The number of hydrogen-bond acceptors (Lipinski definition) is 5. The molecule has 1 N–H and O–H groups in total. The third-order valence-corrected chi connectivity index (χ3v) is 2.61. The molecule has 0 atom stereocenters. The quantitative estimate of drug-likeness (QED) is 0.853. The molecule has 2 heterocycles. The highest BCUT2D eigenvalue weighted by molar-refractivity contribution is 5.82. The van der Waals surface area contributed by atoms with Crippen LogP contribution >= 0.6 is 0 Å². The van der Waals surface area contributed by atoms with Gasteiger partial charge in [-0.1, -0.05) is 20.8 Å². The molecule has 5 nitrogen and oxygen atoms in total. The van der Waals surface area contributed by atoms with Gasteiger partial charge in [-0.05, 0) is 20.8 Å². The Labute approximate surface area is 113 Å². The van der Waals surface area contributed by atoms with E-state index in [-0.39, 0.29) is 11.0 Å². The summed E-state index contributed by atoms with van der Waals surface area (Å²) in [5.41, 5.74) is 2.16. The first-order valence-electron chi connectivity index (χ1n) is 6.43. The van der Waals surface area contributed by atoms with Gasteiger partial charge in [0.25, 0.3) is 0 Å². The first-order chi connectivity index (χ1) is 8.67. The van der Waals surface area contributed by atoms with Crippen LogP contribution in [-0.4, -0.2) is 25.5 Å². The standard InChI is InChI=1S/C14H21N5/c1-13(2,3)9-7-15-10-11(18-9)16-8-17-12(10)19-14(4,5)6/h7-8H,1-6H3,(H,16,17,18,19). The van der Waals surface area contributed by atoms with Crippen molar-refractivity contribution in [2.75, 3.05) is 5.32 Å². The molecule has 0 aliphatic carbocycles. The Hall–Kier alpha value is -1.78. The second kappa shape index (κ2) is 4.40. The summed E-state index contributed by atoms with van der Waals surface area (Å²) in [5.74, 6) is 0.727. The molecule has 0 unspecified atom stereocenters. The largest absolute Gasteiger partial charge is 0.364 e. The average molecular weight is 259 g/mol. The Morgan fingerprint density at radius 3 is 2.21 bits per heavy atom. The molecule has 0 saturated carbocycles. The Bertz CT molecular complexity index is 593. The SMILES string of the molecule is CC(C)(C)Nc1ncnc2nc(C(C)(C)C)cnc12. The van der Waals surface area contributed by atoms with Crippen molar-refractivity contribution in [1.82, 2.24) is 19.9 Å². The van der Waals surface area contributed by atoms with Gasteiger partial charge in [-0.15, -0.1) is 0 Å². The molecule has 0 amide bonds. The molecule has 0 aromatic carbocycles. The van der Waals surface area contributed by atoms with Gasteiger partial charge in [-0.3, -0.25) is 0 Å². The van der Waals surface area contributed by atoms with Gasteiger partial charge in [0.15, 0.2) is 11.5 Å². The number of nitrogens with zero attached hydrogens (tertiary/aromatic N) is 4. The van der Waals surface area contributed by atoms with E-state index in [9.17, 15) is 0 Å². The molecule has 0 saturated heterocycles. The number of rotatable bonds is 1. The van der Waals surface area contributed by atoms with Crippen LogP contribution in [0.15, 0.2) is 12.5 Å². The van der Waals surface area contributed by atoms with Crippen LogP contribution in [0.2, 0.25) is 0 Å². The highest BCUT2D eigenvalue weighted by Crippen LogP contribution is 2.23. The maximum atomic E-state index is 4.58. The lowest BCUT2D eigenvalue weighted by Gasteiger charge is -2.22. The van der Waals surface area contributed by atoms with Crippen molar-refractivity contribution in [3.63, 3.8) is 0 Å². The number of aromatic nitrogens is 4. The van der Waals surface area contributed by atoms with E-state index in [0.29, 0.717) is 11.2 Å². The maximum absolute atomic E-state index is 4.58. The van der Waals surface area contributed by atoms with Crippen LogP contribution in [0.25, 0.3) is 11.2 Å². The molecule has 2 rings (SSSR count). The van der Waals surface area contributed by atoms with Crippen molar-refractivity contribution in [2.45, 2.75) is 52.5 Å². The van der Waals surface area contributed by atoms with Gasteiger partial charge in [-0.2, -0.15) is 0 Å². The second-order valence-electron chi connectivity index (χ2n) is 6.77. The average Bonchev–Trinajstić information content (AvgIpc) is 2.25. The summed E-state index contributed by atoms with van der Waals surface area (Å²) in [6.07, 6.45) is 3.33. The van der Waals surface area contributed by atoms with Crippen molar-refractivity contribution < 1.29 is 0 Å². The summed E-state index contributed by atoms with van der Waals surface area (Å²) >= 11 is 0. The Kier molecular flexibility index (Phi) is 3.16. The van der Waals surface area contributed by atoms with Crippen molar-refractivity contribution in [3.05, 3.63) is 18.2 Å². The van der Waals surface area contributed by atoms with Gasteiger partial charge in [0.1, 0.15) is 11.8 Å². The molecule has 2 aromatic rings. The van der Waals surface area contributed by atoms with E-state index >= 15 is 0 Å². The number of fused-ring (bicyclic) bond motifs is 1. The Balaban J connectivity index is 2.53. The summed E-state index contributed by atoms with van der Waals surface area (Å²) < 4.78 is 0. The second-order valence-corrected chi connectivity index (χ2v) is 6.77. The van der Waals surface area contributed by atoms with Crippen molar-refractivity contribution in [2.24, 2.45) is 0 Å². The summed E-state index contributed by atoms with van der Waals surface area (Å²) in [4.78, 5) is 17.5. The molecule has 0 aliphatic heterocycles. The summed E-state index contributed by atoms with van der Waals surface area (Å²) in [5, 5.41) is 3.33. The molecular formula is C14H21N5. The lowest BCUT2D eigenvalue weighted by atomic mass is 9.93. The van der Waals surface area contributed by atoms with Crippen molar-refractivity contribution >= 4 is 17.0 Å². The lowest BCUT2D eigenvalue weighted by Crippen LogP contribution is -2.27. The fourth-order valence-electron chi connectivity index (χ4n) is 1.65. The van der Waals surface area contributed by atoms with Gasteiger partial charge in [-0.25, -0.2) is 19.9 Å². The minimum Gasteiger partial charge on any atom is -0.364 e. The minimum atomic E-state index is -0.0777. The Morgan fingerprint density at radius 2 is 1.63 bits per heavy atom. The van der Waals surface area contributed by atoms with Crippen LogP contribution in [-0.2, 0) is 5.41 Å². The van der Waals surface area contributed by atoms with Gasteiger partial charge in [0.05, 0.1) is 5.69 Å². The predicted molar refractivity (Wildman–Crippen MR) is 77.2 cm³/mol. The number of anilines is 1. The van der Waals surface area contributed by atoms with Crippen LogP contribution in [0.5, 0.6) is 0 Å². The van der Waals surface area contributed by atoms with Crippen LogP contribution < -0.4 is 5.32 Å². The normalized spacial score (nSPS) is 12.7. The zero-order valence-corrected chi connectivity index (χ0v) is 12.4. The Morgan fingerprint density at radius 1 is 0.947 bits per heavy atom. The third-order valence-electron chi connectivity index (χ3n) is 2.61. The van der Waals surface area contributed by atoms with E-state index in [4.69, 9.17) is 0 Å². The summed E-state index contributed by atoms with van der Waals surface area (Å²) in [6, 6.07) is 0. The molecular weight excluding hydrogens is 238 g/mol. The molecule has 0 aliphatic rings. The topological polar surface area (TPSA) is 63.6 Å². The van der Waals surface area contributed by atoms with E-state index in [1.54, 1.807) is 6.20 Å². The molecule has 0 fully saturated rings. The first-order valence-corrected chi connectivity index (χ1v) is 6.43. The van der Waals surface area contributed by atoms with Crippen molar-refractivity contribution in [3.8, 4) is 0 Å². The van der Waals surface area contributed by atoms with E-state index in [2.05, 4.69) is 66.8 Å². The van der Waals surface area contributed by atoms with Crippen LogP contribution in [0, 0.1) is 0 Å². The molecule has 0 spiro atoms. The number of hydrogen-bond donors (Lipinski definition) is 1. The fourth-order valence-corrected chi connectivity index (χ4v) is 1.65. The molecule has 19 heavy (non-hydrogen) atoms. The van der Waals surface area contributed by atoms with E-state index in [1.165, 1.54) is 6.33 Å². The predicted octanol–water partition coefficient (Wildman–Crippen LogP) is 2.93. The van der Waals surface area contributed by atoms with Gasteiger partial charge < -0.3 is 5.32 Å². The van der Waals surface area contributed by atoms with Crippen LogP contribution in [0.3, 0.4) is 0 Å². The maximum Gasteiger partial charge on any atom is 0.183 e. The smallest absolute Gasteiger partial charge is 0.183 e. The van der Waals surface area contributed by atoms with Crippen LogP contribution in [0.1, 0.15) is 47.2 Å². The minimum absolute atomic E-state index is 0.0379. The van der Waals surface area contributed by atoms with Gasteiger partial charge >= 0.3 is 0 Å². The summed E-state index contributed by atoms with van der Waals surface area (Å²) in [6.45, 7) is 12.6. The molecule has 5 heteroatoms. The summed E-state index contributed by atoms with van der Waals surface area (Å²) in [7, 11) is 0. The fraction of sp³-hybridized carbons (Fsp3) is 0.571. The lowest BCUT2D eigenvalue weighted by molar-refractivity contribution is 0.568. The zero-order chi connectivity index (χ0) is 14.3. The van der Waals surface area contributed by atoms with E-state index in [0.717, 1.165) is 11.5 Å². The van der Waals surface area contributed by atoms with Gasteiger partial charge in [0, 0.05) is 17.2 Å². The zero-order valence-electron chi connectivity index (χ0n) is 12.4. The highest BCUT2D eigenvalue weighted by atomic mass is 15.1. The van der Waals surface area contributed by atoms with E-state index < -0.39 is 0 Å². The molecule has 0 bridgehead atoms. The molecule has 2 aromatic heterocycles. The highest BCUT2D eigenvalue weighted by Gasteiger charge is 2.19. The van der Waals surface area contributed by atoms with Crippen LogP contribution in [0.4, 0.5) is 5.82 Å². The van der Waals surface area contributed by atoms with E-state index in [1.807, 2.05) is 0 Å². The molecule has 102 valence electrons.